The molecule has 1 aliphatic rings. The number of unbranched alkanes of at least 4 members (excludes halogenated alkanes) is 10. The maximum Gasteiger partial charge on any atom is 0.306 e. The number of hydrogen-bond donors (Lipinski definition) is 4. The summed E-state index contributed by atoms with van der Waals surface area (Å²) in [7, 11) is 0. The van der Waals surface area contributed by atoms with E-state index in [1.54, 1.807) is 0 Å². The topological polar surface area (TPSA) is 125 Å². The number of amides is 1. The number of hydrogen-bond acceptors (Lipinski definition) is 7. The lowest BCUT2D eigenvalue weighted by atomic mass is 9.96. The summed E-state index contributed by atoms with van der Waals surface area (Å²) in [4.78, 5) is 23.6. The second kappa shape index (κ2) is 15.6. The van der Waals surface area contributed by atoms with E-state index >= 15 is 0 Å². The first-order valence-corrected chi connectivity index (χ1v) is 11.5. The van der Waals surface area contributed by atoms with Crippen LogP contribution in [0.2, 0.25) is 0 Å². The Bertz CT molecular complexity index is 488. The van der Waals surface area contributed by atoms with Crippen molar-refractivity contribution >= 4 is 11.9 Å². The first-order valence-electron chi connectivity index (χ1n) is 11.5. The lowest BCUT2D eigenvalue weighted by Gasteiger charge is -2.41. The van der Waals surface area contributed by atoms with E-state index in [0.29, 0.717) is 6.42 Å². The highest BCUT2D eigenvalue weighted by Crippen LogP contribution is 2.23. The van der Waals surface area contributed by atoms with Crippen LogP contribution in [0.25, 0.3) is 0 Å². The normalized spacial score (nSPS) is 26.4. The van der Waals surface area contributed by atoms with Gasteiger partial charge in [0.25, 0.3) is 0 Å². The summed E-state index contributed by atoms with van der Waals surface area (Å²) in [6, 6.07) is -1.10. The molecule has 0 aromatic rings. The minimum Gasteiger partial charge on any atom is -0.457 e. The Morgan fingerprint density at radius 1 is 0.933 bits per heavy atom. The van der Waals surface area contributed by atoms with Gasteiger partial charge in [-0.25, -0.2) is 0 Å². The molecular weight excluding hydrogens is 390 g/mol. The van der Waals surface area contributed by atoms with Gasteiger partial charge in [0.1, 0.15) is 18.2 Å². The fourth-order valence-electron chi connectivity index (χ4n) is 3.76. The number of aliphatic hydroxyl groups is 3. The lowest BCUT2D eigenvalue weighted by molar-refractivity contribution is -0.258. The van der Waals surface area contributed by atoms with Crippen LogP contribution in [0.3, 0.4) is 0 Å². The molecule has 5 atom stereocenters. The van der Waals surface area contributed by atoms with Crippen molar-refractivity contribution in [1.82, 2.24) is 5.32 Å². The van der Waals surface area contributed by atoms with Crippen LogP contribution in [0.5, 0.6) is 0 Å². The van der Waals surface area contributed by atoms with Crippen molar-refractivity contribution in [3.8, 4) is 0 Å². The highest BCUT2D eigenvalue weighted by molar-refractivity contribution is 5.73. The molecule has 0 radical (unpaired) electrons. The predicted molar refractivity (Wildman–Crippen MR) is 113 cm³/mol. The molecule has 0 aromatic heterocycles. The number of aliphatic hydroxyl groups excluding tert-OH is 3. The van der Waals surface area contributed by atoms with Crippen molar-refractivity contribution in [2.75, 3.05) is 6.61 Å². The van der Waals surface area contributed by atoms with Crippen LogP contribution in [0.4, 0.5) is 0 Å². The van der Waals surface area contributed by atoms with Crippen molar-refractivity contribution in [1.29, 1.82) is 0 Å². The maximum absolute atomic E-state index is 12.2. The van der Waals surface area contributed by atoms with Crippen LogP contribution >= 0.6 is 0 Å². The van der Waals surface area contributed by atoms with Gasteiger partial charge in [-0.15, -0.1) is 0 Å². The van der Waals surface area contributed by atoms with Crippen LogP contribution in [-0.4, -0.2) is 64.4 Å². The summed E-state index contributed by atoms with van der Waals surface area (Å²) in [6.07, 6.45) is 7.98. The summed E-state index contributed by atoms with van der Waals surface area (Å²) < 4.78 is 10.5. The predicted octanol–water partition coefficient (Wildman–Crippen LogP) is 2.17. The fourth-order valence-corrected chi connectivity index (χ4v) is 3.76. The summed E-state index contributed by atoms with van der Waals surface area (Å²) in [6.45, 7) is 2.93. The van der Waals surface area contributed by atoms with E-state index < -0.39 is 49.1 Å². The summed E-state index contributed by atoms with van der Waals surface area (Å²) in [5.41, 5.74) is 0. The number of nitrogens with one attached hydrogen (secondary N) is 1. The summed E-state index contributed by atoms with van der Waals surface area (Å²) >= 11 is 0. The molecular formula is C22H41NO7. The third-order valence-corrected chi connectivity index (χ3v) is 5.49. The largest absolute Gasteiger partial charge is 0.457 e. The molecule has 0 unspecified atom stereocenters. The first kappa shape index (κ1) is 26.8. The maximum atomic E-state index is 12.2. The van der Waals surface area contributed by atoms with Crippen LogP contribution in [0.15, 0.2) is 0 Å². The van der Waals surface area contributed by atoms with Gasteiger partial charge in [0.15, 0.2) is 12.4 Å². The van der Waals surface area contributed by atoms with Gasteiger partial charge in [0.2, 0.25) is 5.91 Å². The molecule has 1 saturated heterocycles. The highest BCUT2D eigenvalue weighted by Gasteiger charge is 2.47. The number of carbonyl (C=O) groups excluding carboxylic acids is 2. The molecule has 1 aliphatic heterocycles. The van der Waals surface area contributed by atoms with Crippen LogP contribution in [-0.2, 0) is 19.1 Å². The molecule has 4 N–H and O–H groups in total. The lowest BCUT2D eigenvalue weighted by Crippen LogP contribution is -2.65. The Morgan fingerprint density at radius 3 is 1.97 bits per heavy atom. The SMILES string of the molecule is CCCCCCCCCCCCCC(=O)O[C@H]1[C@H](O)[C@@H](CO)O[C@@H](O)[C@H]1NC(C)=O. The van der Waals surface area contributed by atoms with E-state index in [4.69, 9.17) is 9.47 Å². The van der Waals surface area contributed by atoms with Crippen LogP contribution < -0.4 is 5.32 Å². The Hall–Kier alpha value is -1.22. The van der Waals surface area contributed by atoms with E-state index in [2.05, 4.69) is 12.2 Å². The molecule has 0 spiro atoms. The zero-order chi connectivity index (χ0) is 22.4. The smallest absolute Gasteiger partial charge is 0.306 e. The van der Waals surface area contributed by atoms with Crippen LogP contribution in [0, 0.1) is 0 Å². The van der Waals surface area contributed by atoms with E-state index in [1.165, 1.54) is 51.9 Å². The average molecular weight is 432 g/mol. The molecule has 8 nitrogen and oxygen atoms in total. The van der Waals surface area contributed by atoms with Crippen molar-refractivity contribution in [3.05, 3.63) is 0 Å². The minimum atomic E-state index is -1.49. The van der Waals surface area contributed by atoms with Crippen LogP contribution in [0.1, 0.15) is 90.9 Å². The molecule has 0 saturated carbocycles. The number of rotatable bonds is 15. The summed E-state index contributed by atoms with van der Waals surface area (Å²) in [5.74, 6) is -0.958. The van der Waals surface area contributed by atoms with Gasteiger partial charge < -0.3 is 30.1 Å². The van der Waals surface area contributed by atoms with Crippen molar-refractivity contribution in [2.24, 2.45) is 0 Å². The van der Waals surface area contributed by atoms with Gasteiger partial charge in [0, 0.05) is 13.3 Å². The van der Waals surface area contributed by atoms with Gasteiger partial charge in [-0.05, 0) is 6.42 Å². The zero-order valence-corrected chi connectivity index (χ0v) is 18.6. The van der Waals surface area contributed by atoms with Gasteiger partial charge in [-0.2, -0.15) is 0 Å². The number of carbonyl (C=O) groups is 2. The zero-order valence-electron chi connectivity index (χ0n) is 18.6. The quantitative estimate of drug-likeness (QED) is 0.231. The molecule has 0 aromatic carbocycles. The molecule has 30 heavy (non-hydrogen) atoms. The molecule has 8 heteroatoms. The van der Waals surface area contributed by atoms with Gasteiger partial charge >= 0.3 is 5.97 Å². The Morgan fingerprint density at radius 2 is 1.47 bits per heavy atom. The monoisotopic (exact) mass is 431 g/mol. The summed E-state index contributed by atoms with van der Waals surface area (Å²) in [5, 5.41) is 32.1. The minimum absolute atomic E-state index is 0.202. The highest BCUT2D eigenvalue weighted by atomic mass is 16.6. The third-order valence-electron chi connectivity index (χ3n) is 5.49. The molecule has 1 rings (SSSR count). The van der Waals surface area contributed by atoms with Gasteiger partial charge in [0.05, 0.1) is 6.61 Å². The van der Waals surface area contributed by atoms with E-state index in [-0.39, 0.29) is 6.42 Å². The van der Waals surface area contributed by atoms with Crippen molar-refractivity contribution in [3.63, 3.8) is 0 Å². The molecule has 1 fully saturated rings. The van der Waals surface area contributed by atoms with E-state index in [9.17, 15) is 24.9 Å². The molecule has 0 bridgehead atoms. The van der Waals surface area contributed by atoms with Crippen molar-refractivity contribution in [2.45, 2.75) is 122 Å². The Labute approximate surface area is 180 Å². The second-order valence-corrected chi connectivity index (χ2v) is 8.20. The fraction of sp³-hybridized carbons (Fsp3) is 0.909. The number of ether oxygens (including phenoxy) is 2. The Balaban J connectivity index is 2.28. The standard InChI is InChI=1S/C22H41NO7/c1-3-4-5-6-7-8-9-10-11-12-13-14-18(26)30-21-19(23-16(2)25)22(28)29-17(15-24)20(21)27/h17,19-22,24,27-28H,3-15H2,1-2H3,(H,23,25)/t17-,19+,20-,21-,22-/m1/s1. The van der Waals surface area contributed by atoms with E-state index in [1.807, 2.05) is 0 Å². The molecule has 0 aliphatic carbocycles. The molecule has 1 amide bonds. The second-order valence-electron chi connectivity index (χ2n) is 8.20. The Kier molecular flexibility index (Phi) is 13.9. The molecule has 176 valence electrons. The van der Waals surface area contributed by atoms with Gasteiger partial charge in [-0.3, -0.25) is 9.59 Å². The molecule has 1 heterocycles. The van der Waals surface area contributed by atoms with Crippen molar-refractivity contribution < 1.29 is 34.4 Å². The average Bonchev–Trinajstić information content (AvgIpc) is 2.71. The van der Waals surface area contributed by atoms with Gasteiger partial charge in [-0.1, -0.05) is 71.1 Å². The number of esters is 1. The van der Waals surface area contributed by atoms with E-state index in [0.717, 1.165) is 19.3 Å². The third kappa shape index (κ3) is 10.2. The first-order chi connectivity index (χ1) is 14.4.